The summed E-state index contributed by atoms with van der Waals surface area (Å²) in [5, 5.41) is 7.04. The Balaban J connectivity index is 2.06. The second-order valence-corrected chi connectivity index (χ2v) is 6.21. The molecule has 0 saturated heterocycles. The Kier molecular flexibility index (Phi) is 4.39. The second-order valence-electron chi connectivity index (χ2n) is 5.22. The number of nitrogens with zero attached hydrogens (tertiary/aromatic N) is 2. The Morgan fingerprint density at radius 1 is 1.63 bits per heavy atom. The molecule has 0 spiro atoms. The quantitative estimate of drug-likeness (QED) is 0.837. The Bertz CT molecular complexity index is 455. The number of hydrogen-bond donors (Lipinski definition) is 2. The average Bonchev–Trinajstić information content (AvgIpc) is 3.17. The number of rotatable bonds is 6. The van der Waals surface area contributed by atoms with Gasteiger partial charge in [-0.2, -0.15) is 16.9 Å². The van der Waals surface area contributed by atoms with Crippen molar-refractivity contribution in [2.75, 3.05) is 24.8 Å². The van der Waals surface area contributed by atoms with Crippen molar-refractivity contribution in [1.29, 1.82) is 0 Å². The van der Waals surface area contributed by atoms with E-state index in [9.17, 15) is 4.79 Å². The topological polar surface area (TPSA) is 75.0 Å². The van der Waals surface area contributed by atoms with Crippen LogP contribution in [0.4, 0.5) is 5.69 Å². The number of aromatic amines is 1. The molecular weight excluding hydrogens is 260 g/mol. The molecule has 19 heavy (non-hydrogen) atoms. The zero-order valence-corrected chi connectivity index (χ0v) is 12.6. The maximum absolute atomic E-state index is 12.4. The lowest BCUT2D eigenvalue weighted by atomic mass is 10.2. The highest BCUT2D eigenvalue weighted by Gasteiger charge is 2.31. The van der Waals surface area contributed by atoms with Gasteiger partial charge in [-0.1, -0.05) is 0 Å². The smallest absolute Gasteiger partial charge is 0.276 e. The third-order valence-electron chi connectivity index (χ3n) is 3.74. The normalized spacial score (nSPS) is 16.4. The number of aromatic nitrogens is 2. The number of thioether (sulfide) groups is 1. The van der Waals surface area contributed by atoms with Crippen molar-refractivity contribution in [1.82, 2.24) is 15.1 Å². The first-order valence-corrected chi connectivity index (χ1v) is 8.05. The van der Waals surface area contributed by atoms with Crippen LogP contribution in [0.25, 0.3) is 0 Å². The van der Waals surface area contributed by atoms with Gasteiger partial charge in [0.1, 0.15) is 0 Å². The van der Waals surface area contributed by atoms with E-state index in [1.165, 1.54) is 0 Å². The maximum Gasteiger partial charge on any atom is 0.276 e. The van der Waals surface area contributed by atoms with Crippen molar-refractivity contribution >= 4 is 23.4 Å². The van der Waals surface area contributed by atoms with Gasteiger partial charge in [0.05, 0.1) is 11.4 Å². The second kappa shape index (κ2) is 5.86. The SMILES string of the molecule is CSCCC(C)N(C)C(=O)c1n[nH]c(C2CC2)c1N. The highest BCUT2D eigenvalue weighted by molar-refractivity contribution is 7.98. The summed E-state index contributed by atoms with van der Waals surface area (Å²) in [4.78, 5) is 14.1. The fraction of sp³-hybridized carbons (Fsp3) is 0.692. The predicted molar refractivity (Wildman–Crippen MR) is 79.5 cm³/mol. The summed E-state index contributed by atoms with van der Waals surface area (Å²) in [6.45, 7) is 2.05. The van der Waals surface area contributed by atoms with Gasteiger partial charge in [0.2, 0.25) is 0 Å². The van der Waals surface area contributed by atoms with Crippen LogP contribution in [-0.4, -0.2) is 46.1 Å². The van der Waals surface area contributed by atoms with Crippen molar-refractivity contribution in [2.24, 2.45) is 0 Å². The molecule has 1 fully saturated rings. The van der Waals surface area contributed by atoms with E-state index in [2.05, 4.69) is 23.4 Å². The first kappa shape index (κ1) is 14.2. The van der Waals surface area contributed by atoms with Gasteiger partial charge in [0.25, 0.3) is 5.91 Å². The summed E-state index contributed by atoms with van der Waals surface area (Å²) < 4.78 is 0. The molecule has 2 rings (SSSR count). The monoisotopic (exact) mass is 282 g/mol. The number of amides is 1. The highest BCUT2D eigenvalue weighted by atomic mass is 32.2. The molecule has 0 bridgehead atoms. The lowest BCUT2D eigenvalue weighted by Gasteiger charge is -2.24. The number of H-pyrrole nitrogens is 1. The number of nitrogen functional groups attached to an aromatic ring is 1. The lowest BCUT2D eigenvalue weighted by molar-refractivity contribution is 0.0736. The zero-order valence-electron chi connectivity index (χ0n) is 11.8. The van der Waals surface area contributed by atoms with Crippen molar-refractivity contribution < 1.29 is 4.79 Å². The Morgan fingerprint density at radius 3 is 2.89 bits per heavy atom. The number of hydrogen-bond acceptors (Lipinski definition) is 4. The average molecular weight is 282 g/mol. The number of nitrogens with one attached hydrogen (secondary N) is 1. The molecule has 6 heteroatoms. The van der Waals surface area contributed by atoms with Crippen LogP contribution < -0.4 is 5.73 Å². The maximum atomic E-state index is 12.4. The minimum atomic E-state index is -0.0887. The van der Waals surface area contributed by atoms with Crippen molar-refractivity contribution in [3.05, 3.63) is 11.4 Å². The molecule has 1 amide bonds. The van der Waals surface area contributed by atoms with Gasteiger partial charge in [-0.15, -0.1) is 0 Å². The van der Waals surface area contributed by atoms with Gasteiger partial charge < -0.3 is 10.6 Å². The largest absolute Gasteiger partial charge is 0.395 e. The molecular formula is C13H22N4OS. The first-order chi connectivity index (χ1) is 9.06. The predicted octanol–water partition coefficient (Wildman–Crippen LogP) is 2.08. The summed E-state index contributed by atoms with van der Waals surface area (Å²) in [7, 11) is 1.82. The van der Waals surface area contributed by atoms with Crippen LogP contribution in [0.15, 0.2) is 0 Å². The summed E-state index contributed by atoms with van der Waals surface area (Å²) >= 11 is 1.79. The van der Waals surface area contributed by atoms with E-state index in [1.807, 2.05) is 7.05 Å². The molecule has 1 aromatic rings. The van der Waals surface area contributed by atoms with Gasteiger partial charge in [-0.3, -0.25) is 9.89 Å². The number of carbonyl (C=O) groups excluding carboxylic acids is 1. The molecule has 1 unspecified atom stereocenters. The standard InChI is InChI=1S/C13H22N4OS/c1-8(6-7-19-3)17(2)13(18)12-10(14)11(15-16-12)9-4-5-9/h8-9H,4-7,14H2,1-3H3,(H,15,16). The van der Waals surface area contributed by atoms with Gasteiger partial charge in [-0.05, 0) is 38.2 Å². The minimum Gasteiger partial charge on any atom is -0.395 e. The molecule has 106 valence electrons. The fourth-order valence-corrected chi connectivity index (χ4v) is 2.64. The van der Waals surface area contributed by atoms with Crippen LogP contribution >= 0.6 is 11.8 Å². The van der Waals surface area contributed by atoms with Crippen LogP contribution in [-0.2, 0) is 0 Å². The molecule has 1 saturated carbocycles. The van der Waals surface area contributed by atoms with Crippen LogP contribution in [0, 0.1) is 0 Å². The molecule has 1 heterocycles. The third kappa shape index (κ3) is 3.05. The molecule has 1 aliphatic rings. The molecule has 0 aliphatic heterocycles. The zero-order chi connectivity index (χ0) is 14.0. The molecule has 0 aromatic carbocycles. The van der Waals surface area contributed by atoms with Crippen LogP contribution in [0.1, 0.15) is 48.3 Å². The van der Waals surface area contributed by atoms with Gasteiger partial charge >= 0.3 is 0 Å². The highest BCUT2D eigenvalue weighted by Crippen LogP contribution is 2.42. The van der Waals surface area contributed by atoms with Gasteiger partial charge in [-0.25, -0.2) is 0 Å². The Morgan fingerprint density at radius 2 is 2.32 bits per heavy atom. The van der Waals surface area contributed by atoms with Crippen molar-refractivity contribution in [2.45, 2.75) is 38.1 Å². The summed E-state index contributed by atoms with van der Waals surface area (Å²) in [6.07, 6.45) is 5.32. The summed E-state index contributed by atoms with van der Waals surface area (Å²) in [5.41, 5.74) is 7.89. The summed E-state index contributed by atoms with van der Waals surface area (Å²) in [5.74, 6) is 1.44. The molecule has 3 N–H and O–H groups in total. The van der Waals surface area contributed by atoms with Gasteiger partial charge in [0, 0.05) is 19.0 Å². The Hall–Kier alpha value is -1.17. The van der Waals surface area contributed by atoms with E-state index >= 15 is 0 Å². The van der Waals surface area contributed by atoms with Crippen molar-refractivity contribution in [3.8, 4) is 0 Å². The van der Waals surface area contributed by atoms with E-state index < -0.39 is 0 Å². The van der Waals surface area contributed by atoms with E-state index in [0.29, 0.717) is 17.3 Å². The molecule has 5 nitrogen and oxygen atoms in total. The first-order valence-electron chi connectivity index (χ1n) is 6.66. The number of nitrogens with two attached hydrogens (primary N) is 1. The van der Waals surface area contributed by atoms with Crippen molar-refractivity contribution in [3.63, 3.8) is 0 Å². The molecule has 1 atom stereocenters. The minimum absolute atomic E-state index is 0.0887. The number of anilines is 1. The number of carbonyl (C=O) groups is 1. The molecule has 0 radical (unpaired) electrons. The van der Waals surface area contributed by atoms with E-state index in [1.54, 1.807) is 16.7 Å². The Labute approximate surface area is 118 Å². The van der Waals surface area contributed by atoms with Gasteiger partial charge in [0.15, 0.2) is 5.69 Å². The third-order valence-corrected chi connectivity index (χ3v) is 4.39. The van der Waals surface area contributed by atoms with E-state index in [4.69, 9.17) is 5.73 Å². The molecule has 1 aliphatic carbocycles. The fourth-order valence-electron chi connectivity index (χ4n) is 2.06. The van der Waals surface area contributed by atoms with E-state index in [0.717, 1.165) is 30.7 Å². The van der Waals surface area contributed by atoms with Crippen LogP contribution in [0.5, 0.6) is 0 Å². The molecule has 1 aromatic heterocycles. The summed E-state index contributed by atoms with van der Waals surface area (Å²) in [6, 6.07) is 0.195. The van der Waals surface area contributed by atoms with Crippen LogP contribution in [0.3, 0.4) is 0 Å². The van der Waals surface area contributed by atoms with E-state index in [-0.39, 0.29) is 11.9 Å². The van der Waals surface area contributed by atoms with Crippen LogP contribution in [0.2, 0.25) is 0 Å². The lowest BCUT2D eigenvalue weighted by Crippen LogP contribution is -2.36.